The highest BCUT2D eigenvalue weighted by Crippen LogP contribution is 2.37. The van der Waals surface area contributed by atoms with E-state index in [4.69, 9.17) is 4.74 Å². The molecule has 0 bridgehead atoms. The van der Waals surface area contributed by atoms with Gasteiger partial charge in [-0.25, -0.2) is 4.79 Å². The van der Waals surface area contributed by atoms with Crippen LogP contribution in [0.4, 0.5) is 4.79 Å². The molecule has 3 aromatic rings. The maximum absolute atomic E-state index is 11.7. The zero-order valence-corrected chi connectivity index (χ0v) is 22.9. The number of nitrogens with zero attached hydrogens (tertiary/aromatic N) is 2. The van der Waals surface area contributed by atoms with Crippen LogP contribution in [0, 0.1) is 6.92 Å². The van der Waals surface area contributed by atoms with Crippen LogP contribution in [0.15, 0.2) is 84.9 Å². The summed E-state index contributed by atoms with van der Waals surface area (Å²) >= 11 is 0. The number of aromatic hydroxyl groups is 1. The van der Waals surface area contributed by atoms with Crippen LogP contribution >= 0.6 is 0 Å². The van der Waals surface area contributed by atoms with Gasteiger partial charge in [0.15, 0.2) is 0 Å². The molecule has 0 spiro atoms. The van der Waals surface area contributed by atoms with E-state index in [-0.39, 0.29) is 31.4 Å². The van der Waals surface area contributed by atoms with Gasteiger partial charge in [0.25, 0.3) is 0 Å². The molecule has 0 aromatic heterocycles. The average molecular weight is 529 g/mol. The number of hydrogen-bond acceptors (Lipinski definition) is 4. The van der Waals surface area contributed by atoms with E-state index in [2.05, 4.69) is 19.1 Å². The molecule has 2 N–H and O–H groups in total. The Hall–Kier alpha value is -4.52. The van der Waals surface area contributed by atoms with E-state index in [0.29, 0.717) is 5.75 Å². The number of allylic oxidation sites excluding steroid dienone is 1. The molecule has 0 saturated carbocycles. The number of benzene rings is 3. The van der Waals surface area contributed by atoms with Crippen LogP contribution in [0.1, 0.15) is 35.6 Å². The third kappa shape index (κ3) is 7.98. The van der Waals surface area contributed by atoms with Crippen molar-refractivity contribution in [2.75, 3.05) is 33.8 Å². The quantitative estimate of drug-likeness (QED) is 0.233. The van der Waals surface area contributed by atoms with Crippen molar-refractivity contribution in [1.82, 2.24) is 9.80 Å². The summed E-state index contributed by atoms with van der Waals surface area (Å²) in [5.74, 6) is 0.653. The van der Waals surface area contributed by atoms with E-state index in [9.17, 15) is 19.8 Å². The Balaban J connectivity index is 1.81. The SMILES string of the molecule is CCC(=C(c1ccc(OCCN(CC=CC(=O)N(C)C)C(=O)O)cc1)c1ccc(O)cc1C)c1ccccc1. The lowest BCUT2D eigenvalue weighted by atomic mass is 9.86. The zero-order chi connectivity index (χ0) is 28.4. The fraction of sp³-hybridized carbons (Fsp3) is 0.250. The Labute approximate surface area is 230 Å². The molecular weight excluding hydrogens is 492 g/mol. The molecule has 0 radical (unpaired) electrons. The van der Waals surface area contributed by atoms with Crippen LogP contribution in [0.25, 0.3) is 11.1 Å². The number of rotatable bonds is 11. The highest BCUT2D eigenvalue weighted by atomic mass is 16.5. The minimum absolute atomic E-state index is 0.0939. The van der Waals surface area contributed by atoms with Crippen LogP contribution in [0.2, 0.25) is 0 Å². The first kappa shape index (κ1) is 29.0. The van der Waals surface area contributed by atoms with Gasteiger partial charge in [-0.3, -0.25) is 4.79 Å². The van der Waals surface area contributed by atoms with Gasteiger partial charge in [-0.2, -0.15) is 0 Å². The van der Waals surface area contributed by atoms with E-state index in [1.165, 1.54) is 27.5 Å². The molecule has 0 unspecified atom stereocenters. The summed E-state index contributed by atoms with van der Waals surface area (Å²) in [5, 5.41) is 19.5. The highest BCUT2D eigenvalue weighted by Gasteiger charge is 2.16. The third-order valence-electron chi connectivity index (χ3n) is 6.33. The normalized spacial score (nSPS) is 11.7. The molecule has 3 aromatic carbocycles. The van der Waals surface area contributed by atoms with E-state index in [1.807, 2.05) is 55.5 Å². The van der Waals surface area contributed by atoms with Gasteiger partial charge in [-0.05, 0) is 71.0 Å². The predicted molar refractivity (Wildman–Crippen MR) is 155 cm³/mol. The summed E-state index contributed by atoms with van der Waals surface area (Å²) in [6, 6.07) is 23.4. The Morgan fingerprint density at radius 1 is 0.949 bits per heavy atom. The van der Waals surface area contributed by atoms with Gasteiger partial charge < -0.3 is 24.7 Å². The number of phenols is 1. The number of carbonyl (C=O) groups is 2. The van der Waals surface area contributed by atoms with E-state index >= 15 is 0 Å². The molecule has 0 fully saturated rings. The molecule has 0 saturated heterocycles. The van der Waals surface area contributed by atoms with Crippen LogP contribution < -0.4 is 4.74 Å². The second-order valence-corrected chi connectivity index (χ2v) is 9.31. The minimum Gasteiger partial charge on any atom is -0.508 e. The minimum atomic E-state index is -1.08. The fourth-order valence-electron chi connectivity index (χ4n) is 4.27. The lowest BCUT2D eigenvalue weighted by molar-refractivity contribution is -0.123. The Kier molecular flexibility index (Phi) is 10.3. The van der Waals surface area contributed by atoms with Gasteiger partial charge in [0, 0.05) is 26.7 Å². The first-order valence-electron chi connectivity index (χ1n) is 12.9. The molecule has 3 rings (SSSR count). The number of aryl methyl sites for hydroxylation is 1. The Bertz CT molecular complexity index is 1330. The van der Waals surface area contributed by atoms with Crippen molar-refractivity contribution < 1.29 is 24.5 Å². The van der Waals surface area contributed by atoms with E-state index < -0.39 is 6.09 Å². The fourth-order valence-corrected chi connectivity index (χ4v) is 4.27. The summed E-state index contributed by atoms with van der Waals surface area (Å²) in [6.45, 7) is 4.55. The van der Waals surface area contributed by atoms with Crippen molar-refractivity contribution in [3.8, 4) is 11.5 Å². The molecule has 204 valence electrons. The molecular formula is C32H36N2O5. The van der Waals surface area contributed by atoms with Gasteiger partial charge in [-0.1, -0.05) is 61.5 Å². The molecule has 39 heavy (non-hydrogen) atoms. The van der Waals surface area contributed by atoms with Crippen LogP contribution in [-0.4, -0.2) is 65.8 Å². The van der Waals surface area contributed by atoms with Crippen LogP contribution in [0.3, 0.4) is 0 Å². The Morgan fingerprint density at radius 3 is 2.23 bits per heavy atom. The van der Waals surface area contributed by atoms with Crippen molar-refractivity contribution in [1.29, 1.82) is 0 Å². The Morgan fingerprint density at radius 2 is 1.64 bits per heavy atom. The molecule has 2 amide bonds. The van der Waals surface area contributed by atoms with E-state index in [1.54, 1.807) is 26.2 Å². The van der Waals surface area contributed by atoms with Gasteiger partial charge >= 0.3 is 6.09 Å². The van der Waals surface area contributed by atoms with Crippen molar-refractivity contribution in [2.24, 2.45) is 0 Å². The van der Waals surface area contributed by atoms with E-state index in [0.717, 1.165) is 34.2 Å². The lowest BCUT2D eigenvalue weighted by Gasteiger charge is -2.19. The van der Waals surface area contributed by atoms with Crippen LogP contribution in [0.5, 0.6) is 11.5 Å². The lowest BCUT2D eigenvalue weighted by Crippen LogP contribution is -2.33. The number of likely N-dealkylation sites (N-methyl/N-ethyl adjacent to an activating group) is 1. The highest BCUT2D eigenvalue weighted by molar-refractivity contribution is 5.99. The second kappa shape index (κ2) is 13.9. The number of hydrogen-bond donors (Lipinski definition) is 2. The summed E-state index contributed by atoms with van der Waals surface area (Å²) in [5.41, 5.74) is 6.44. The number of ether oxygens (including phenoxy) is 1. The summed E-state index contributed by atoms with van der Waals surface area (Å²) in [7, 11) is 3.27. The first-order chi connectivity index (χ1) is 18.7. The number of carboxylic acid groups (broad SMARTS) is 1. The second-order valence-electron chi connectivity index (χ2n) is 9.31. The molecule has 7 heteroatoms. The van der Waals surface area contributed by atoms with Gasteiger partial charge in [0.2, 0.25) is 5.91 Å². The molecule has 0 aliphatic carbocycles. The topological polar surface area (TPSA) is 90.3 Å². The average Bonchev–Trinajstić information content (AvgIpc) is 2.92. The van der Waals surface area contributed by atoms with Crippen molar-refractivity contribution in [2.45, 2.75) is 20.3 Å². The van der Waals surface area contributed by atoms with Crippen LogP contribution in [-0.2, 0) is 4.79 Å². The number of phenolic OH excluding ortho intramolecular Hbond substituents is 1. The summed E-state index contributed by atoms with van der Waals surface area (Å²) in [4.78, 5) is 25.9. The predicted octanol–water partition coefficient (Wildman–Crippen LogP) is 6.07. The summed E-state index contributed by atoms with van der Waals surface area (Å²) < 4.78 is 5.85. The monoisotopic (exact) mass is 528 g/mol. The third-order valence-corrected chi connectivity index (χ3v) is 6.33. The first-order valence-corrected chi connectivity index (χ1v) is 12.9. The molecule has 0 atom stereocenters. The maximum atomic E-state index is 11.7. The summed E-state index contributed by atoms with van der Waals surface area (Å²) in [6.07, 6.45) is 2.62. The standard InChI is InChI=1S/C32H36N2O5/c1-5-28(24-10-7-6-8-11-24)31(29-18-15-26(35)22-23(29)2)25-13-16-27(17-14-25)39-21-20-34(32(37)38)19-9-12-30(36)33(3)4/h6-18,22,35H,5,19-21H2,1-4H3,(H,37,38). The number of amides is 2. The maximum Gasteiger partial charge on any atom is 0.407 e. The molecule has 7 nitrogen and oxygen atoms in total. The van der Waals surface area contributed by atoms with Gasteiger partial charge in [-0.15, -0.1) is 0 Å². The van der Waals surface area contributed by atoms with Gasteiger partial charge in [0.1, 0.15) is 18.1 Å². The largest absolute Gasteiger partial charge is 0.508 e. The van der Waals surface area contributed by atoms with Crippen molar-refractivity contribution in [3.63, 3.8) is 0 Å². The molecule has 0 aliphatic heterocycles. The molecule has 0 aliphatic rings. The number of carbonyl (C=O) groups excluding carboxylic acids is 1. The van der Waals surface area contributed by atoms with Gasteiger partial charge in [0.05, 0.1) is 6.54 Å². The zero-order valence-electron chi connectivity index (χ0n) is 22.9. The molecule has 0 heterocycles. The van der Waals surface area contributed by atoms with Crippen molar-refractivity contribution >= 4 is 23.1 Å². The smallest absolute Gasteiger partial charge is 0.407 e. The van der Waals surface area contributed by atoms with Crippen molar-refractivity contribution in [3.05, 3.63) is 107 Å².